The van der Waals surface area contributed by atoms with Crippen LogP contribution in [0.5, 0.6) is 0 Å². The van der Waals surface area contributed by atoms with Crippen LogP contribution >= 0.6 is 0 Å². The predicted octanol–water partition coefficient (Wildman–Crippen LogP) is 1.13. The van der Waals surface area contributed by atoms with Gasteiger partial charge in [0.1, 0.15) is 18.4 Å². The fourth-order valence-electron chi connectivity index (χ4n) is 2.20. The molecule has 0 bridgehead atoms. The zero-order valence-corrected chi connectivity index (χ0v) is 9.97. The molecule has 1 heterocycles. The van der Waals surface area contributed by atoms with Crippen molar-refractivity contribution in [3.63, 3.8) is 0 Å². The van der Waals surface area contributed by atoms with E-state index in [1.54, 1.807) is 12.3 Å². The van der Waals surface area contributed by atoms with E-state index in [0.29, 0.717) is 12.6 Å². The van der Waals surface area contributed by atoms with Gasteiger partial charge in [-0.3, -0.25) is 5.32 Å². The van der Waals surface area contributed by atoms with Crippen LogP contribution < -0.4 is 10.6 Å². The Labute approximate surface area is 102 Å². The first-order valence-electron chi connectivity index (χ1n) is 6.28. The average molecular weight is 236 g/mol. The van der Waals surface area contributed by atoms with Crippen molar-refractivity contribution in [1.82, 2.24) is 15.3 Å². The second-order valence-electron chi connectivity index (χ2n) is 4.49. The largest absolute Gasteiger partial charge is 0.377 e. The monoisotopic (exact) mass is 236 g/mol. The van der Waals surface area contributed by atoms with Crippen LogP contribution in [-0.2, 0) is 0 Å². The maximum absolute atomic E-state index is 9.85. The fourth-order valence-corrected chi connectivity index (χ4v) is 2.20. The van der Waals surface area contributed by atoms with E-state index in [2.05, 4.69) is 20.6 Å². The van der Waals surface area contributed by atoms with Crippen LogP contribution in [0.3, 0.4) is 0 Å². The van der Waals surface area contributed by atoms with Gasteiger partial charge >= 0.3 is 0 Å². The summed E-state index contributed by atoms with van der Waals surface area (Å²) >= 11 is 0. The summed E-state index contributed by atoms with van der Waals surface area (Å²) in [7, 11) is 0. The Bertz CT molecular complexity index is 314. The summed E-state index contributed by atoms with van der Waals surface area (Å²) in [5.74, 6) is 0.740. The fraction of sp³-hybridized carbons (Fsp3) is 0.667. The summed E-state index contributed by atoms with van der Waals surface area (Å²) in [5, 5.41) is 16.2. The van der Waals surface area contributed by atoms with Crippen molar-refractivity contribution in [1.29, 1.82) is 0 Å². The van der Waals surface area contributed by atoms with Gasteiger partial charge in [0.05, 0.1) is 6.54 Å². The van der Waals surface area contributed by atoms with Gasteiger partial charge in [0.25, 0.3) is 0 Å². The Morgan fingerprint density at radius 2 is 2.18 bits per heavy atom. The topological polar surface area (TPSA) is 70.1 Å². The quantitative estimate of drug-likeness (QED) is 0.669. The lowest BCUT2D eigenvalue weighted by atomic mass is 9.95. The van der Waals surface area contributed by atoms with Crippen molar-refractivity contribution in [3.8, 4) is 0 Å². The number of hydrogen-bond acceptors (Lipinski definition) is 5. The van der Waals surface area contributed by atoms with E-state index in [-0.39, 0.29) is 0 Å². The van der Waals surface area contributed by atoms with Gasteiger partial charge < -0.3 is 10.4 Å². The number of anilines is 1. The molecule has 0 aliphatic heterocycles. The van der Waals surface area contributed by atoms with Gasteiger partial charge in [-0.25, -0.2) is 9.97 Å². The van der Waals surface area contributed by atoms with Gasteiger partial charge in [-0.1, -0.05) is 19.3 Å². The normalized spacial score (nSPS) is 18.9. The lowest BCUT2D eigenvalue weighted by molar-refractivity contribution is 0.124. The minimum atomic E-state index is -0.520. The molecule has 1 aromatic rings. The smallest absolute Gasteiger partial charge is 0.129 e. The Morgan fingerprint density at radius 1 is 1.35 bits per heavy atom. The molecule has 1 saturated carbocycles. The molecule has 0 spiro atoms. The van der Waals surface area contributed by atoms with Crippen LogP contribution in [0.1, 0.15) is 32.1 Å². The van der Waals surface area contributed by atoms with Gasteiger partial charge in [0, 0.05) is 12.2 Å². The molecule has 1 atom stereocenters. The minimum Gasteiger partial charge on any atom is -0.377 e. The Morgan fingerprint density at radius 3 is 2.88 bits per heavy atom. The number of aliphatic hydroxyl groups excluding tert-OH is 1. The second-order valence-corrected chi connectivity index (χ2v) is 4.49. The van der Waals surface area contributed by atoms with Gasteiger partial charge in [-0.15, -0.1) is 0 Å². The molecule has 1 aromatic heterocycles. The van der Waals surface area contributed by atoms with Crippen LogP contribution in [0.15, 0.2) is 18.6 Å². The number of nitrogens with zero attached hydrogens (tertiary/aromatic N) is 2. The van der Waals surface area contributed by atoms with Crippen LogP contribution in [0.25, 0.3) is 0 Å². The lowest BCUT2D eigenvalue weighted by Gasteiger charge is -2.26. The second kappa shape index (κ2) is 6.51. The number of hydrogen-bond donors (Lipinski definition) is 3. The third kappa shape index (κ3) is 4.28. The molecule has 1 fully saturated rings. The highest BCUT2D eigenvalue weighted by atomic mass is 16.3. The highest BCUT2D eigenvalue weighted by Crippen LogP contribution is 2.17. The maximum Gasteiger partial charge on any atom is 0.129 e. The number of nitrogens with one attached hydrogen (secondary N) is 2. The van der Waals surface area contributed by atoms with Crippen LogP contribution in [0.4, 0.5) is 5.82 Å². The van der Waals surface area contributed by atoms with Gasteiger partial charge in [-0.2, -0.15) is 0 Å². The highest BCUT2D eigenvalue weighted by Gasteiger charge is 2.15. The molecule has 1 aliphatic rings. The summed E-state index contributed by atoms with van der Waals surface area (Å²) in [4.78, 5) is 7.87. The summed E-state index contributed by atoms with van der Waals surface area (Å²) in [6.07, 6.45) is 8.85. The minimum absolute atomic E-state index is 0.464. The first-order valence-corrected chi connectivity index (χ1v) is 6.28. The average Bonchev–Trinajstić information content (AvgIpc) is 2.39. The van der Waals surface area contributed by atoms with Crippen LogP contribution in [0.2, 0.25) is 0 Å². The summed E-state index contributed by atoms with van der Waals surface area (Å²) < 4.78 is 0. The van der Waals surface area contributed by atoms with Crippen molar-refractivity contribution >= 4 is 5.82 Å². The highest BCUT2D eigenvalue weighted by molar-refractivity contribution is 5.31. The van der Waals surface area contributed by atoms with Crippen molar-refractivity contribution in [2.45, 2.75) is 44.4 Å². The van der Waals surface area contributed by atoms with E-state index in [9.17, 15) is 5.11 Å². The summed E-state index contributed by atoms with van der Waals surface area (Å²) in [6.45, 7) is 0.466. The van der Waals surface area contributed by atoms with E-state index in [4.69, 9.17) is 0 Å². The molecule has 0 amide bonds. The molecule has 0 saturated heterocycles. The van der Waals surface area contributed by atoms with Crippen LogP contribution in [-0.4, -0.2) is 33.9 Å². The van der Waals surface area contributed by atoms with Gasteiger partial charge in [0.2, 0.25) is 0 Å². The third-order valence-electron chi connectivity index (χ3n) is 3.09. The van der Waals surface area contributed by atoms with Gasteiger partial charge in [-0.05, 0) is 18.9 Å². The number of rotatable bonds is 5. The molecule has 1 unspecified atom stereocenters. The molecule has 0 aromatic carbocycles. The Hall–Kier alpha value is -1.20. The molecule has 5 nitrogen and oxygen atoms in total. The first-order chi connectivity index (χ1) is 8.34. The number of aromatic nitrogens is 2. The first kappa shape index (κ1) is 12.3. The van der Waals surface area contributed by atoms with E-state index >= 15 is 0 Å². The molecule has 1 aliphatic carbocycles. The standard InChI is InChI=1S/C12H20N4O/c17-12(16-10-4-2-1-3-5-10)8-14-11-6-7-13-9-15-11/h6-7,9-10,12,16-17H,1-5,8H2,(H,13,14,15). The van der Waals surface area contributed by atoms with Crippen molar-refractivity contribution in [2.75, 3.05) is 11.9 Å². The molecular weight excluding hydrogens is 216 g/mol. The summed E-state index contributed by atoms with van der Waals surface area (Å²) in [6, 6.07) is 2.25. The van der Waals surface area contributed by atoms with Crippen molar-refractivity contribution < 1.29 is 5.11 Å². The maximum atomic E-state index is 9.85. The van der Waals surface area contributed by atoms with Crippen molar-refractivity contribution in [3.05, 3.63) is 18.6 Å². The lowest BCUT2D eigenvalue weighted by Crippen LogP contribution is -2.43. The van der Waals surface area contributed by atoms with E-state index in [0.717, 1.165) is 5.82 Å². The van der Waals surface area contributed by atoms with Crippen molar-refractivity contribution in [2.24, 2.45) is 0 Å². The van der Waals surface area contributed by atoms with Crippen LogP contribution in [0, 0.1) is 0 Å². The summed E-state index contributed by atoms with van der Waals surface area (Å²) in [5.41, 5.74) is 0. The molecule has 0 radical (unpaired) electrons. The molecule has 3 N–H and O–H groups in total. The molecule has 2 rings (SSSR count). The van der Waals surface area contributed by atoms with E-state index < -0.39 is 6.23 Å². The number of aliphatic hydroxyl groups is 1. The predicted molar refractivity (Wildman–Crippen MR) is 66.5 cm³/mol. The Balaban J connectivity index is 1.68. The van der Waals surface area contributed by atoms with Gasteiger partial charge in [0.15, 0.2) is 0 Å². The van der Waals surface area contributed by atoms with E-state index in [1.807, 2.05) is 0 Å². The molecule has 94 valence electrons. The Kier molecular flexibility index (Phi) is 4.70. The molecular formula is C12H20N4O. The molecule has 5 heteroatoms. The third-order valence-corrected chi connectivity index (χ3v) is 3.09. The SMILES string of the molecule is OC(CNc1ccncn1)NC1CCCCC1. The zero-order valence-electron chi connectivity index (χ0n) is 9.97. The zero-order chi connectivity index (χ0) is 11.9. The molecule has 17 heavy (non-hydrogen) atoms. The van der Waals surface area contributed by atoms with E-state index in [1.165, 1.54) is 38.4 Å².